The van der Waals surface area contributed by atoms with E-state index in [9.17, 15) is 8.42 Å². The molecular weight excluding hydrogens is 266 g/mol. The van der Waals surface area contributed by atoms with E-state index in [1.807, 2.05) is 6.92 Å². The third-order valence-corrected chi connectivity index (χ3v) is 3.26. The van der Waals surface area contributed by atoms with Crippen LogP contribution in [0.2, 0.25) is 0 Å². The van der Waals surface area contributed by atoms with E-state index >= 15 is 0 Å². The summed E-state index contributed by atoms with van der Waals surface area (Å²) in [4.78, 5) is 7.32. The maximum absolute atomic E-state index is 11.9. The van der Waals surface area contributed by atoms with Crippen LogP contribution in [0.25, 0.3) is 0 Å². The van der Waals surface area contributed by atoms with Crippen LogP contribution in [0.4, 0.5) is 0 Å². The molecule has 1 N–H and O–H groups in total. The molecule has 0 amide bonds. The normalized spacial score (nSPS) is 12.4. The standard InChI is InChI=1S/C13H21NO4S/c1-5-10-17-11-6-8-12(9-7-11)19(15,16)14-18-13(2,3)4/h6-9,14H,5,10H2,1-4H3. The molecule has 0 atom stereocenters. The minimum atomic E-state index is -3.66. The average Bonchev–Trinajstić information content (AvgIpc) is 2.34. The van der Waals surface area contributed by atoms with E-state index < -0.39 is 15.6 Å². The van der Waals surface area contributed by atoms with E-state index in [0.29, 0.717) is 12.4 Å². The van der Waals surface area contributed by atoms with Crippen LogP contribution >= 0.6 is 0 Å². The summed E-state index contributed by atoms with van der Waals surface area (Å²) in [5.41, 5.74) is -0.586. The minimum Gasteiger partial charge on any atom is -0.494 e. The van der Waals surface area contributed by atoms with Gasteiger partial charge in [0.2, 0.25) is 0 Å². The molecule has 0 unspecified atom stereocenters. The van der Waals surface area contributed by atoms with Crippen molar-refractivity contribution in [3.8, 4) is 5.75 Å². The van der Waals surface area contributed by atoms with Crippen molar-refractivity contribution in [1.82, 2.24) is 4.89 Å². The van der Waals surface area contributed by atoms with Crippen molar-refractivity contribution in [3.63, 3.8) is 0 Å². The average molecular weight is 287 g/mol. The predicted octanol–water partition coefficient (Wildman–Crippen LogP) is 2.48. The van der Waals surface area contributed by atoms with Crippen LogP contribution in [0.1, 0.15) is 34.1 Å². The van der Waals surface area contributed by atoms with Gasteiger partial charge < -0.3 is 4.74 Å². The Morgan fingerprint density at radius 1 is 1.16 bits per heavy atom. The van der Waals surface area contributed by atoms with Crippen LogP contribution in [0.5, 0.6) is 5.75 Å². The zero-order valence-corrected chi connectivity index (χ0v) is 12.6. The number of ether oxygens (including phenoxy) is 1. The number of benzene rings is 1. The molecule has 0 aliphatic heterocycles. The second kappa shape index (κ2) is 6.36. The minimum absolute atomic E-state index is 0.139. The topological polar surface area (TPSA) is 64.6 Å². The maximum atomic E-state index is 11.9. The molecule has 108 valence electrons. The third-order valence-electron chi connectivity index (χ3n) is 2.06. The SMILES string of the molecule is CCCOc1ccc(S(=O)(=O)NOC(C)(C)C)cc1. The lowest BCUT2D eigenvalue weighted by Gasteiger charge is -2.19. The van der Waals surface area contributed by atoms with Crippen LogP contribution in [0, 0.1) is 0 Å². The molecule has 0 spiro atoms. The summed E-state index contributed by atoms with van der Waals surface area (Å²) in [6.07, 6.45) is 0.904. The summed E-state index contributed by atoms with van der Waals surface area (Å²) in [6.45, 7) is 7.90. The van der Waals surface area contributed by atoms with Crippen molar-refractivity contribution in [2.75, 3.05) is 6.61 Å². The van der Waals surface area contributed by atoms with Gasteiger partial charge in [-0.1, -0.05) is 11.8 Å². The maximum Gasteiger partial charge on any atom is 0.262 e. The largest absolute Gasteiger partial charge is 0.494 e. The molecular formula is C13H21NO4S. The zero-order chi connectivity index (χ0) is 14.5. The van der Waals surface area contributed by atoms with E-state index in [0.717, 1.165) is 6.42 Å². The highest BCUT2D eigenvalue weighted by atomic mass is 32.2. The molecule has 0 radical (unpaired) electrons. The van der Waals surface area contributed by atoms with E-state index in [1.165, 1.54) is 12.1 Å². The van der Waals surface area contributed by atoms with Crippen LogP contribution in [0.15, 0.2) is 29.2 Å². The molecule has 1 aromatic carbocycles. The van der Waals surface area contributed by atoms with Crippen molar-refractivity contribution < 1.29 is 18.0 Å². The van der Waals surface area contributed by atoms with Gasteiger partial charge in [0.25, 0.3) is 10.0 Å². The first kappa shape index (κ1) is 15.9. The second-order valence-corrected chi connectivity index (χ2v) is 6.77. The second-order valence-electron chi connectivity index (χ2n) is 5.12. The van der Waals surface area contributed by atoms with Crippen molar-refractivity contribution in [2.24, 2.45) is 0 Å². The molecule has 0 bridgehead atoms. The lowest BCUT2D eigenvalue weighted by molar-refractivity contribution is -0.0357. The van der Waals surface area contributed by atoms with Gasteiger partial charge in [0.1, 0.15) is 5.75 Å². The predicted molar refractivity (Wildman–Crippen MR) is 73.4 cm³/mol. The Hall–Kier alpha value is -1.11. The Kier molecular flexibility index (Phi) is 5.34. The van der Waals surface area contributed by atoms with Crippen LogP contribution in [0.3, 0.4) is 0 Å². The van der Waals surface area contributed by atoms with Gasteiger partial charge >= 0.3 is 0 Å². The molecule has 19 heavy (non-hydrogen) atoms. The Balaban J connectivity index is 2.73. The Morgan fingerprint density at radius 2 is 1.74 bits per heavy atom. The van der Waals surface area contributed by atoms with Gasteiger partial charge in [-0.3, -0.25) is 4.84 Å². The molecule has 5 nitrogen and oxygen atoms in total. The molecule has 0 aromatic heterocycles. The Morgan fingerprint density at radius 3 is 2.21 bits per heavy atom. The zero-order valence-electron chi connectivity index (χ0n) is 11.8. The van der Waals surface area contributed by atoms with Crippen molar-refractivity contribution in [2.45, 2.75) is 44.6 Å². The van der Waals surface area contributed by atoms with E-state index in [1.54, 1.807) is 32.9 Å². The first-order valence-corrected chi connectivity index (χ1v) is 7.65. The van der Waals surface area contributed by atoms with Gasteiger partial charge in [-0.25, -0.2) is 8.42 Å². The molecule has 0 aliphatic rings. The quantitative estimate of drug-likeness (QED) is 0.816. The first-order chi connectivity index (χ1) is 8.74. The van der Waals surface area contributed by atoms with Gasteiger partial charge in [0, 0.05) is 0 Å². The summed E-state index contributed by atoms with van der Waals surface area (Å²) in [7, 11) is -3.66. The molecule has 1 aromatic rings. The van der Waals surface area contributed by atoms with Crippen molar-refractivity contribution in [1.29, 1.82) is 0 Å². The monoisotopic (exact) mass is 287 g/mol. The number of hydrogen-bond acceptors (Lipinski definition) is 4. The fourth-order valence-electron chi connectivity index (χ4n) is 1.16. The summed E-state index contributed by atoms with van der Waals surface area (Å²) in [5.74, 6) is 0.650. The lowest BCUT2D eigenvalue weighted by Crippen LogP contribution is -2.33. The highest BCUT2D eigenvalue weighted by molar-refractivity contribution is 7.89. The molecule has 6 heteroatoms. The van der Waals surface area contributed by atoms with Gasteiger partial charge in [-0.15, -0.1) is 0 Å². The Labute approximate surface area is 114 Å². The van der Waals surface area contributed by atoms with Gasteiger partial charge in [0.05, 0.1) is 17.1 Å². The Bertz CT molecular complexity index is 488. The van der Waals surface area contributed by atoms with Crippen LogP contribution < -0.4 is 9.62 Å². The highest BCUT2D eigenvalue weighted by Gasteiger charge is 2.19. The summed E-state index contributed by atoms with van der Waals surface area (Å²) < 4.78 is 29.2. The third kappa shape index (κ3) is 5.59. The van der Waals surface area contributed by atoms with Crippen LogP contribution in [-0.4, -0.2) is 20.6 Å². The number of nitrogens with one attached hydrogen (secondary N) is 1. The summed E-state index contributed by atoms with van der Waals surface area (Å²) >= 11 is 0. The number of sulfonamides is 1. The highest BCUT2D eigenvalue weighted by Crippen LogP contribution is 2.17. The molecule has 0 saturated heterocycles. The number of rotatable bonds is 6. The smallest absolute Gasteiger partial charge is 0.262 e. The van der Waals surface area contributed by atoms with E-state index in [2.05, 4.69) is 4.89 Å². The van der Waals surface area contributed by atoms with Crippen molar-refractivity contribution in [3.05, 3.63) is 24.3 Å². The van der Waals surface area contributed by atoms with E-state index in [4.69, 9.17) is 9.57 Å². The summed E-state index contributed by atoms with van der Waals surface area (Å²) in [5, 5.41) is 0. The van der Waals surface area contributed by atoms with Gasteiger partial charge in [-0.2, -0.15) is 0 Å². The van der Waals surface area contributed by atoms with Gasteiger partial charge in [0.15, 0.2) is 0 Å². The number of hydrogen-bond donors (Lipinski definition) is 1. The van der Waals surface area contributed by atoms with Crippen LogP contribution in [-0.2, 0) is 14.9 Å². The molecule has 0 saturated carbocycles. The van der Waals surface area contributed by atoms with Gasteiger partial charge in [-0.05, 0) is 51.5 Å². The molecule has 0 heterocycles. The molecule has 0 aliphatic carbocycles. The molecule has 1 rings (SSSR count). The lowest BCUT2D eigenvalue weighted by atomic mass is 10.2. The summed E-state index contributed by atoms with van der Waals surface area (Å²) in [6, 6.07) is 6.22. The molecule has 0 fully saturated rings. The van der Waals surface area contributed by atoms with Crippen molar-refractivity contribution >= 4 is 10.0 Å². The fourth-order valence-corrected chi connectivity index (χ4v) is 2.11. The fraction of sp³-hybridized carbons (Fsp3) is 0.538. The first-order valence-electron chi connectivity index (χ1n) is 6.17. The van der Waals surface area contributed by atoms with E-state index in [-0.39, 0.29) is 4.90 Å².